The van der Waals surface area contributed by atoms with Crippen LogP contribution in [0.2, 0.25) is 0 Å². The maximum atomic E-state index is 12.4. The Morgan fingerprint density at radius 3 is 2.62 bits per heavy atom. The van der Waals surface area contributed by atoms with Crippen molar-refractivity contribution in [2.24, 2.45) is 0 Å². The van der Waals surface area contributed by atoms with Crippen molar-refractivity contribution in [2.45, 2.75) is 33.7 Å². The van der Waals surface area contributed by atoms with E-state index in [1.54, 1.807) is 13.2 Å². The number of nitrogens with one attached hydrogen (secondary N) is 2. The number of pyridine rings is 1. The van der Waals surface area contributed by atoms with E-state index in [4.69, 9.17) is 4.52 Å². The molecule has 2 heterocycles. The van der Waals surface area contributed by atoms with E-state index in [1.165, 1.54) is 0 Å². The summed E-state index contributed by atoms with van der Waals surface area (Å²) in [5.41, 5.74) is 3.83. The topological polar surface area (TPSA) is 80.0 Å². The van der Waals surface area contributed by atoms with Gasteiger partial charge in [-0.2, -0.15) is 0 Å². The van der Waals surface area contributed by atoms with Crippen LogP contribution in [0, 0.1) is 20.8 Å². The van der Waals surface area contributed by atoms with Crippen molar-refractivity contribution >= 4 is 11.6 Å². The quantitative estimate of drug-likeness (QED) is 0.903. The zero-order valence-electron chi connectivity index (χ0n) is 12.9. The molecule has 2 rings (SSSR count). The van der Waals surface area contributed by atoms with Gasteiger partial charge in [0, 0.05) is 24.5 Å². The molecule has 0 radical (unpaired) electrons. The number of anilines is 1. The Morgan fingerprint density at radius 1 is 1.33 bits per heavy atom. The Bertz CT molecular complexity index is 644. The van der Waals surface area contributed by atoms with E-state index in [9.17, 15) is 4.79 Å². The molecule has 0 fully saturated rings. The van der Waals surface area contributed by atoms with Crippen molar-refractivity contribution in [3.8, 4) is 0 Å². The fraction of sp³-hybridized carbons (Fsp3) is 0.400. The lowest BCUT2D eigenvalue weighted by Crippen LogP contribution is -2.28. The molecular formula is C15H20N4O2. The van der Waals surface area contributed by atoms with Crippen molar-refractivity contribution in [1.82, 2.24) is 15.5 Å². The minimum Gasteiger partial charge on any atom is -0.387 e. The van der Waals surface area contributed by atoms with Crippen LogP contribution in [0.1, 0.15) is 46.0 Å². The second-order valence-electron chi connectivity index (χ2n) is 5.05. The first-order valence-electron chi connectivity index (χ1n) is 6.82. The predicted octanol–water partition coefficient (Wildman–Crippen LogP) is 2.53. The van der Waals surface area contributed by atoms with Crippen LogP contribution < -0.4 is 10.6 Å². The number of nitrogens with zero attached hydrogens (tertiary/aromatic N) is 2. The molecule has 0 spiro atoms. The summed E-state index contributed by atoms with van der Waals surface area (Å²) < 4.78 is 5.14. The van der Waals surface area contributed by atoms with Gasteiger partial charge in [0.1, 0.15) is 5.76 Å². The molecule has 0 aliphatic heterocycles. The molecule has 2 N–H and O–H groups in total. The van der Waals surface area contributed by atoms with Crippen LogP contribution in [-0.2, 0) is 0 Å². The molecule has 2 aromatic rings. The summed E-state index contributed by atoms with van der Waals surface area (Å²) in [6, 6.07) is 1.66. The predicted molar refractivity (Wildman–Crippen MR) is 80.4 cm³/mol. The summed E-state index contributed by atoms with van der Waals surface area (Å²) in [4.78, 5) is 16.6. The average Bonchev–Trinajstić information content (AvgIpc) is 2.77. The molecule has 0 bridgehead atoms. The van der Waals surface area contributed by atoms with Gasteiger partial charge in [-0.05, 0) is 33.8 Å². The third kappa shape index (κ3) is 3.04. The molecule has 112 valence electrons. The molecule has 0 saturated heterocycles. The highest BCUT2D eigenvalue weighted by Crippen LogP contribution is 2.22. The van der Waals surface area contributed by atoms with Gasteiger partial charge in [-0.1, -0.05) is 5.16 Å². The van der Waals surface area contributed by atoms with Gasteiger partial charge in [-0.15, -0.1) is 0 Å². The van der Waals surface area contributed by atoms with Crippen molar-refractivity contribution in [3.63, 3.8) is 0 Å². The Kier molecular flexibility index (Phi) is 4.26. The van der Waals surface area contributed by atoms with Gasteiger partial charge in [0.2, 0.25) is 0 Å². The molecule has 0 saturated carbocycles. The highest BCUT2D eigenvalue weighted by molar-refractivity contribution is 5.99. The first-order valence-corrected chi connectivity index (χ1v) is 6.82. The summed E-state index contributed by atoms with van der Waals surface area (Å²) >= 11 is 0. The lowest BCUT2D eigenvalue weighted by atomic mass is 10.1. The van der Waals surface area contributed by atoms with E-state index >= 15 is 0 Å². The monoisotopic (exact) mass is 288 g/mol. The smallest absolute Gasteiger partial charge is 0.255 e. The van der Waals surface area contributed by atoms with Crippen LogP contribution in [0.5, 0.6) is 0 Å². The molecule has 0 aromatic carbocycles. The molecule has 2 aromatic heterocycles. The van der Waals surface area contributed by atoms with Crippen LogP contribution in [0.4, 0.5) is 5.69 Å². The van der Waals surface area contributed by atoms with Crippen LogP contribution >= 0.6 is 0 Å². The van der Waals surface area contributed by atoms with Crippen LogP contribution in [-0.4, -0.2) is 23.1 Å². The van der Waals surface area contributed by atoms with Crippen molar-refractivity contribution < 1.29 is 9.32 Å². The van der Waals surface area contributed by atoms with E-state index in [0.29, 0.717) is 5.56 Å². The first kappa shape index (κ1) is 15.0. The molecule has 1 amide bonds. The Labute approximate surface area is 123 Å². The van der Waals surface area contributed by atoms with E-state index < -0.39 is 0 Å². The minimum atomic E-state index is -0.185. The van der Waals surface area contributed by atoms with Gasteiger partial charge in [-0.3, -0.25) is 9.78 Å². The van der Waals surface area contributed by atoms with E-state index in [-0.39, 0.29) is 11.9 Å². The van der Waals surface area contributed by atoms with E-state index in [1.807, 2.05) is 33.8 Å². The van der Waals surface area contributed by atoms with Crippen LogP contribution in [0.25, 0.3) is 0 Å². The molecule has 21 heavy (non-hydrogen) atoms. The van der Waals surface area contributed by atoms with Gasteiger partial charge in [-0.25, -0.2) is 0 Å². The number of hydrogen-bond donors (Lipinski definition) is 2. The summed E-state index contributed by atoms with van der Waals surface area (Å²) in [7, 11) is 1.78. The van der Waals surface area contributed by atoms with Gasteiger partial charge in [0.15, 0.2) is 0 Å². The van der Waals surface area contributed by atoms with E-state index in [2.05, 4.69) is 20.8 Å². The standard InChI is InChI=1S/C15H20N4O2/c1-8-6-13(16-5)12(7-17-8)15(20)18-9(2)14-10(3)19-21-11(14)4/h6-7,9H,1-5H3,(H,16,17)(H,18,20). The molecular weight excluding hydrogens is 268 g/mol. The molecule has 0 aliphatic rings. The zero-order valence-corrected chi connectivity index (χ0v) is 12.9. The van der Waals surface area contributed by atoms with Gasteiger partial charge in [0.05, 0.1) is 23.0 Å². The van der Waals surface area contributed by atoms with Crippen molar-refractivity contribution in [1.29, 1.82) is 0 Å². The fourth-order valence-corrected chi connectivity index (χ4v) is 2.40. The molecule has 0 aliphatic carbocycles. The fourth-order valence-electron chi connectivity index (χ4n) is 2.40. The summed E-state index contributed by atoms with van der Waals surface area (Å²) in [5, 5.41) is 9.88. The maximum absolute atomic E-state index is 12.4. The Morgan fingerprint density at radius 2 is 2.05 bits per heavy atom. The number of rotatable bonds is 4. The molecule has 1 atom stereocenters. The molecule has 6 heteroatoms. The summed E-state index contributed by atoms with van der Waals surface area (Å²) in [6.45, 7) is 7.49. The number of aryl methyl sites for hydroxylation is 3. The average molecular weight is 288 g/mol. The maximum Gasteiger partial charge on any atom is 0.255 e. The number of amides is 1. The van der Waals surface area contributed by atoms with Crippen molar-refractivity contribution in [2.75, 3.05) is 12.4 Å². The van der Waals surface area contributed by atoms with Gasteiger partial charge >= 0.3 is 0 Å². The zero-order chi connectivity index (χ0) is 15.6. The highest BCUT2D eigenvalue weighted by Gasteiger charge is 2.20. The SMILES string of the molecule is CNc1cc(C)ncc1C(=O)NC(C)c1c(C)noc1C. The molecule has 1 unspecified atom stereocenters. The third-order valence-electron chi connectivity index (χ3n) is 3.42. The lowest BCUT2D eigenvalue weighted by Gasteiger charge is -2.15. The van der Waals surface area contributed by atoms with Crippen LogP contribution in [0.3, 0.4) is 0 Å². The van der Waals surface area contributed by atoms with E-state index in [0.717, 1.165) is 28.4 Å². The Hall–Kier alpha value is -2.37. The largest absolute Gasteiger partial charge is 0.387 e. The first-order chi connectivity index (χ1) is 9.93. The lowest BCUT2D eigenvalue weighted by molar-refractivity contribution is 0.0940. The highest BCUT2D eigenvalue weighted by atomic mass is 16.5. The van der Waals surface area contributed by atoms with Gasteiger partial charge in [0.25, 0.3) is 5.91 Å². The minimum absolute atomic E-state index is 0.181. The second kappa shape index (κ2) is 5.95. The summed E-state index contributed by atoms with van der Waals surface area (Å²) in [5.74, 6) is 0.538. The number of carbonyl (C=O) groups excluding carboxylic acids is 1. The molecule has 6 nitrogen and oxygen atoms in total. The Balaban J connectivity index is 2.22. The number of hydrogen-bond acceptors (Lipinski definition) is 5. The van der Waals surface area contributed by atoms with Gasteiger partial charge < -0.3 is 15.2 Å². The summed E-state index contributed by atoms with van der Waals surface area (Å²) in [6.07, 6.45) is 1.58. The number of carbonyl (C=O) groups is 1. The van der Waals surface area contributed by atoms with Crippen LogP contribution in [0.15, 0.2) is 16.8 Å². The normalized spacial score (nSPS) is 12.0. The van der Waals surface area contributed by atoms with Crippen molar-refractivity contribution in [3.05, 3.63) is 40.5 Å². The second-order valence-corrected chi connectivity index (χ2v) is 5.05. The third-order valence-corrected chi connectivity index (χ3v) is 3.42. The number of aromatic nitrogens is 2.